The average molecular weight is 138 g/mol. The summed E-state index contributed by atoms with van der Waals surface area (Å²) >= 11 is 0. The van der Waals surface area contributed by atoms with E-state index in [1.807, 2.05) is 0 Å². The summed E-state index contributed by atoms with van der Waals surface area (Å²) in [5.41, 5.74) is 0. The van der Waals surface area contributed by atoms with E-state index in [0.717, 1.165) is 0 Å². The maximum absolute atomic E-state index is 0. The van der Waals surface area contributed by atoms with Crippen LogP contribution in [0.5, 0.6) is 0 Å². The van der Waals surface area contributed by atoms with Gasteiger partial charge in [-0.1, -0.05) is 0 Å². The van der Waals surface area contributed by atoms with Gasteiger partial charge in [0.25, 0.3) is 0 Å². The summed E-state index contributed by atoms with van der Waals surface area (Å²) in [4.78, 5) is 0. The van der Waals surface area contributed by atoms with E-state index in [4.69, 9.17) is 0 Å². The Bertz CT molecular complexity index is 8.00. The predicted molar refractivity (Wildman–Crippen MR) is 7.84 cm³/mol. The summed E-state index contributed by atoms with van der Waals surface area (Å²) in [5.74, 6) is 0. The minimum Gasteiger partial charge on any atom is -2.00 e. The van der Waals surface area contributed by atoms with Crippen molar-refractivity contribution in [3.05, 3.63) is 0 Å². The summed E-state index contributed by atoms with van der Waals surface area (Å²) in [5, 5.41) is 0. The standard InChI is InChI=1S/Li.Mn.Ni.O.H/q;;+2;-2;. The van der Waals surface area contributed by atoms with Gasteiger partial charge in [0.05, 0.1) is 0 Å². The fraction of sp³-hybridized carbons (Fsp3) is 0. The molecule has 0 atom stereocenters. The maximum atomic E-state index is 0. The molecule has 0 spiro atoms. The monoisotopic (exact) mass is 137 g/mol. The van der Waals surface area contributed by atoms with E-state index in [2.05, 4.69) is 0 Å². The van der Waals surface area contributed by atoms with Crippen molar-refractivity contribution in [2.75, 3.05) is 0 Å². The summed E-state index contributed by atoms with van der Waals surface area (Å²) in [7, 11) is 0. The predicted octanol–water partition coefficient (Wildman–Crippen LogP) is -0.772. The first-order valence-corrected chi connectivity index (χ1v) is 0. The van der Waals surface area contributed by atoms with Crippen LogP contribution in [-0.2, 0) is 39.0 Å². The van der Waals surface area contributed by atoms with Crippen LogP contribution in [0.4, 0.5) is 0 Å². The molecule has 0 amide bonds. The zero-order valence-corrected chi connectivity index (χ0v) is 3.27. The molecule has 0 saturated carbocycles. The molecule has 0 N–H and O–H groups in total. The molecule has 0 fully saturated rings. The van der Waals surface area contributed by atoms with E-state index in [1.165, 1.54) is 0 Å². The minimum absolute atomic E-state index is 0. The number of hydrogen-bond donors (Lipinski definition) is 0. The van der Waals surface area contributed by atoms with E-state index in [1.54, 1.807) is 0 Å². The van der Waals surface area contributed by atoms with Crippen LogP contribution in [0.2, 0.25) is 0 Å². The van der Waals surface area contributed by atoms with Gasteiger partial charge < -0.3 is 5.48 Å². The molecule has 0 heterocycles. The quantitative estimate of drug-likeness (QED) is 0.393. The Labute approximate surface area is 57.8 Å². The summed E-state index contributed by atoms with van der Waals surface area (Å²) in [6.07, 6.45) is 0. The molecular weight excluding hydrogens is 137 g/mol. The fourth-order valence-corrected chi connectivity index (χ4v) is 0. The minimum atomic E-state index is 0. The zero-order valence-electron chi connectivity index (χ0n) is 1.10. The van der Waals surface area contributed by atoms with Crippen LogP contribution in [0.1, 0.15) is 0 Å². The van der Waals surface area contributed by atoms with Gasteiger partial charge in [-0.2, -0.15) is 0 Å². The van der Waals surface area contributed by atoms with Crippen LogP contribution in [0.3, 0.4) is 0 Å². The molecule has 0 rings (SSSR count). The van der Waals surface area contributed by atoms with Crippen molar-refractivity contribution in [1.29, 1.82) is 0 Å². The molecule has 0 aliphatic carbocycles. The third kappa shape index (κ3) is 9.57. The summed E-state index contributed by atoms with van der Waals surface area (Å²) in [6, 6.07) is 0. The first-order valence-electron chi connectivity index (χ1n) is 0. The van der Waals surface area contributed by atoms with Crippen molar-refractivity contribution in [1.82, 2.24) is 0 Å². The van der Waals surface area contributed by atoms with Crippen molar-refractivity contribution in [2.24, 2.45) is 0 Å². The molecule has 0 aromatic heterocycles. The second-order valence-electron chi connectivity index (χ2n) is 0. The van der Waals surface area contributed by atoms with Gasteiger partial charge in [-0.3, -0.25) is 0 Å². The Balaban J connectivity index is 0. The molecule has 0 aromatic rings. The van der Waals surface area contributed by atoms with Gasteiger partial charge in [-0.25, -0.2) is 0 Å². The van der Waals surface area contributed by atoms with Gasteiger partial charge in [-0.15, -0.1) is 0 Å². The van der Waals surface area contributed by atoms with E-state index in [9.17, 15) is 0 Å². The van der Waals surface area contributed by atoms with E-state index in [0.29, 0.717) is 0 Å². The fourth-order valence-electron chi connectivity index (χ4n) is 0. The SMILES string of the molecule is [LiH].[Mn].[Ni+2].[O-2]. The third-order valence-corrected chi connectivity index (χ3v) is 0. The molecular formula is HLiMnNiO. The van der Waals surface area contributed by atoms with Crippen molar-refractivity contribution in [3.8, 4) is 0 Å². The van der Waals surface area contributed by atoms with Gasteiger partial charge in [-0.05, 0) is 0 Å². The normalized spacial score (nSPS) is 0. The average Bonchev–Trinajstić information content (AvgIpc) is 0. The van der Waals surface area contributed by atoms with Gasteiger partial charge in [0.15, 0.2) is 0 Å². The topological polar surface area (TPSA) is 28.5 Å². The van der Waals surface area contributed by atoms with Crippen molar-refractivity contribution >= 4 is 18.9 Å². The maximum Gasteiger partial charge on any atom is 2.00 e. The second kappa shape index (κ2) is 23.6. The Morgan fingerprint density at radius 2 is 1.00 bits per heavy atom. The van der Waals surface area contributed by atoms with Crippen LogP contribution in [-0.4, -0.2) is 18.9 Å². The van der Waals surface area contributed by atoms with Gasteiger partial charge in [0.1, 0.15) is 0 Å². The van der Waals surface area contributed by atoms with Gasteiger partial charge in [0.2, 0.25) is 0 Å². The van der Waals surface area contributed by atoms with Crippen molar-refractivity contribution < 1.29 is 39.0 Å². The first-order chi connectivity index (χ1) is 0. The largest absolute Gasteiger partial charge is 2.00 e. The van der Waals surface area contributed by atoms with Crippen LogP contribution >= 0.6 is 0 Å². The van der Waals surface area contributed by atoms with Crippen LogP contribution in [0, 0.1) is 0 Å². The van der Waals surface area contributed by atoms with E-state index < -0.39 is 0 Å². The molecule has 25 valence electrons. The summed E-state index contributed by atoms with van der Waals surface area (Å²) < 4.78 is 0. The molecule has 0 aliphatic heterocycles. The van der Waals surface area contributed by atoms with E-state index in [-0.39, 0.29) is 57.9 Å². The third-order valence-electron chi connectivity index (χ3n) is 0. The number of rotatable bonds is 0. The first kappa shape index (κ1) is 47.2. The Morgan fingerprint density at radius 3 is 1.00 bits per heavy atom. The van der Waals surface area contributed by atoms with Crippen molar-refractivity contribution in [3.63, 3.8) is 0 Å². The molecule has 0 saturated heterocycles. The van der Waals surface area contributed by atoms with Gasteiger partial charge in [0, 0.05) is 17.1 Å². The van der Waals surface area contributed by atoms with Crippen molar-refractivity contribution in [2.45, 2.75) is 0 Å². The molecule has 0 bridgehead atoms. The van der Waals surface area contributed by atoms with Crippen LogP contribution in [0.25, 0.3) is 0 Å². The van der Waals surface area contributed by atoms with Crippen LogP contribution in [0.15, 0.2) is 0 Å². The summed E-state index contributed by atoms with van der Waals surface area (Å²) in [6.45, 7) is 0. The molecule has 1 radical (unpaired) electrons. The molecule has 0 aromatic carbocycles. The molecule has 0 aliphatic rings. The molecule has 1 nitrogen and oxygen atoms in total. The van der Waals surface area contributed by atoms with Gasteiger partial charge >= 0.3 is 35.4 Å². The molecule has 0 unspecified atom stereocenters. The second-order valence-corrected chi connectivity index (χ2v) is 0. The molecule has 4 heteroatoms. The Kier molecular flexibility index (Phi) is 279. The van der Waals surface area contributed by atoms with Crippen LogP contribution < -0.4 is 0 Å². The zero-order chi connectivity index (χ0) is 0. The Morgan fingerprint density at radius 1 is 1.00 bits per heavy atom. The number of hydrogen-bond acceptors (Lipinski definition) is 0. The molecule has 4 heavy (non-hydrogen) atoms. The van der Waals surface area contributed by atoms with E-state index >= 15 is 0 Å². The smallest absolute Gasteiger partial charge is 2.00 e. The Hall–Kier alpha value is 1.57.